The van der Waals surface area contributed by atoms with Gasteiger partial charge in [-0.2, -0.15) is 0 Å². The molecule has 28 heavy (non-hydrogen) atoms. The summed E-state index contributed by atoms with van der Waals surface area (Å²) in [5.41, 5.74) is 6.36. The first kappa shape index (κ1) is 17.5. The van der Waals surface area contributed by atoms with E-state index in [9.17, 15) is 0 Å². The molecule has 1 unspecified atom stereocenters. The fourth-order valence-corrected chi connectivity index (χ4v) is 4.50. The quantitative estimate of drug-likeness (QED) is 0.657. The van der Waals surface area contributed by atoms with Gasteiger partial charge >= 0.3 is 0 Å². The second kappa shape index (κ2) is 7.42. The number of hydrogen-bond acceptors (Lipinski definition) is 3. The number of piperazine rings is 1. The maximum atomic E-state index is 6.47. The first-order valence-corrected chi connectivity index (χ1v) is 10.1. The fourth-order valence-electron chi connectivity index (χ4n) is 4.50. The number of benzene rings is 3. The summed E-state index contributed by atoms with van der Waals surface area (Å²) in [5, 5.41) is 0. The number of likely N-dealkylation sites (N-methyl/N-ethyl adjacent to an activating group) is 1. The van der Waals surface area contributed by atoms with E-state index in [1.165, 1.54) is 27.8 Å². The number of nitrogens with zero attached hydrogens (tertiary/aromatic N) is 2. The third-order valence-electron chi connectivity index (χ3n) is 6.05. The Morgan fingerprint density at radius 3 is 2.29 bits per heavy atom. The Balaban J connectivity index is 1.66. The second-order valence-electron chi connectivity index (χ2n) is 7.82. The number of hydrogen-bond donors (Lipinski definition) is 0. The monoisotopic (exact) mass is 370 g/mol. The standard InChI is InChI=1S/C25H26N2O/c1-26-14-16-27(17-15-26)24-21-11-6-5-10-20(21)18-28-25-22(12-7-13-23(24)25)19-8-3-2-4-9-19/h2-13,24H,14-18H2,1H3. The second-order valence-corrected chi connectivity index (χ2v) is 7.82. The minimum Gasteiger partial charge on any atom is -0.488 e. The van der Waals surface area contributed by atoms with Gasteiger partial charge in [0.25, 0.3) is 0 Å². The normalized spacial score (nSPS) is 20.0. The Hall–Kier alpha value is -2.62. The molecule has 3 heteroatoms. The highest BCUT2D eigenvalue weighted by atomic mass is 16.5. The van der Waals surface area contributed by atoms with Crippen LogP contribution in [0.4, 0.5) is 0 Å². The van der Waals surface area contributed by atoms with Gasteiger partial charge < -0.3 is 9.64 Å². The molecule has 0 aromatic heterocycles. The van der Waals surface area contributed by atoms with Crippen molar-refractivity contribution >= 4 is 0 Å². The Labute approximate surface area is 167 Å². The molecule has 5 rings (SSSR count). The lowest BCUT2D eigenvalue weighted by molar-refractivity contribution is 0.127. The lowest BCUT2D eigenvalue weighted by Crippen LogP contribution is -2.46. The van der Waals surface area contributed by atoms with Gasteiger partial charge in [0.15, 0.2) is 0 Å². The summed E-state index contributed by atoms with van der Waals surface area (Å²) in [6.07, 6.45) is 0. The van der Waals surface area contributed by atoms with Gasteiger partial charge in [-0.3, -0.25) is 4.90 Å². The van der Waals surface area contributed by atoms with Crippen LogP contribution in [0.15, 0.2) is 72.8 Å². The van der Waals surface area contributed by atoms with E-state index >= 15 is 0 Å². The zero-order chi connectivity index (χ0) is 18.9. The summed E-state index contributed by atoms with van der Waals surface area (Å²) < 4.78 is 6.47. The lowest BCUT2D eigenvalue weighted by atomic mass is 9.91. The number of fused-ring (bicyclic) bond motifs is 2. The lowest BCUT2D eigenvalue weighted by Gasteiger charge is -2.38. The van der Waals surface area contributed by atoms with Gasteiger partial charge in [0.2, 0.25) is 0 Å². The summed E-state index contributed by atoms with van der Waals surface area (Å²) in [4.78, 5) is 5.04. The molecule has 3 aromatic carbocycles. The van der Waals surface area contributed by atoms with Crippen LogP contribution in [0.5, 0.6) is 5.75 Å². The molecule has 0 saturated carbocycles. The maximum absolute atomic E-state index is 6.47. The van der Waals surface area contributed by atoms with Crippen LogP contribution >= 0.6 is 0 Å². The van der Waals surface area contributed by atoms with Gasteiger partial charge in [0, 0.05) is 37.3 Å². The molecule has 0 amide bonds. The van der Waals surface area contributed by atoms with Crippen molar-refractivity contribution in [3.05, 3.63) is 89.5 Å². The predicted octanol–water partition coefficient (Wildman–Crippen LogP) is 4.58. The van der Waals surface area contributed by atoms with Gasteiger partial charge in [0.05, 0.1) is 6.04 Å². The number of ether oxygens (including phenoxy) is 1. The van der Waals surface area contributed by atoms with Crippen LogP contribution in [0.3, 0.4) is 0 Å². The summed E-state index contributed by atoms with van der Waals surface area (Å²) in [6, 6.07) is 26.2. The van der Waals surface area contributed by atoms with Crippen molar-refractivity contribution in [3.63, 3.8) is 0 Å². The zero-order valence-electron chi connectivity index (χ0n) is 16.3. The highest BCUT2D eigenvalue weighted by molar-refractivity contribution is 5.73. The van der Waals surface area contributed by atoms with Crippen LogP contribution in [-0.2, 0) is 6.61 Å². The van der Waals surface area contributed by atoms with Gasteiger partial charge in [-0.05, 0) is 23.7 Å². The van der Waals surface area contributed by atoms with E-state index in [1.54, 1.807) is 0 Å². The Bertz CT molecular complexity index is 961. The first-order chi connectivity index (χ1) is 13.8. The molecule has 0 spiro atoms. The molecule has 3 nitrogen and oxygen atoms in total. The van der Waals surface area contributed by atoms with Crippen LogP contribution in [0.25, 0.3) is 11.1 Å². The maximum Gasteiger partial charge on any atom is 0.132 e. The molecule has 2 aliphatic heterocycles. The largest absolute Gasteiger partial charge is 0.488 e. The zero-order valence-corrected chi connectivity index (χ0v) is 16.3. The van der Waals surface area contributed by atoms with Crippen molar-refractivity contribution in [2.24, 2.45) is 0 Å². The molecule has 0 N–H and O–H groups in total. The van der Waals surface area contributed by atoms with Gasteiger partial charge in [-0.25, -0.2) is 0 Å². The van der Waals surface area contributed by atoms with E-state index < -0.39 is 0 Å². The van der Waals surface area contributed by atoms with E-state index in [4.69, 9.17) is 4.74 Å². The number of rotatable bonds is 2. The van der Waals surface area contributed by atoms with Crippen LogP contribution in [-0.4, -0.2) is 43.0 Å². The molecular weight excluding hydrogens is 344 g/mol. The highest BCUT2D eigenvalue weighted by Gasteiger charge is 2.32. The molecule has 1 fully saturated rings. The first-order valence-electron chi connectivity index (χ1n) is 10.1. The molecular formula is C25H26N2O. The average molecular weight is 370 g/mol. The van der Waals surface area contributed by atoms with Crippen molar-refractivity contribution in [2.75, 3.05) is 33.2 Å². The van der Waals surface area contributed by atoms with E-state index in [2.05, 4.69) is 89.6 Å². The third-order valence-corrected chi connectivity index (χ3v) is 6.05. The number of para-hydroxylation sites is 1. The van der Waals surface area contributed by atoms with Crippen molar-refractivity contribution in [1.82, 2.24) is 9.80 Å². The minimum absolute atomic E-state index is 0.242. The summed E-state index contributed by atoms with van der Waals surface area (Å²) in [7, 11) is 2.21. The molecule has 0 radical (unpaired) electrons. The topological polar surface area (TPSA) is 15.7 Å². The molecule has 2 heterocycles. The van der Waals surface area contributed by atoms with Gasteiger partial charge in [-0.1, -0.05) is 72.8 Å². The van der Waals surface area contributed by atoms with E-state index in [0.29, 0.717) is 6.61 Å². The summed E-state index contributed by atoms with van der Waals surface area (Å²) in [5.74, 6) is 1.04. The SMILES string of the molecule is CN1CCN(C2c3ccccc3COc3c(-c4ccccc4)cccc32)CC1. The van der Waals surface area contributed by atoms with Crippen LogP contribution in [0.2, 0.25) is 0 Å². The molecule has 1 saturated heterocycles. The van der Waals surface area contributed by atoms with Crippen LogP contribution in [0.1, 0.15) is 22.7 Å². The van der Waals surface area contributed by atoms with Crippen molar-refractivity contribution < 1.29 is 4.74 Å². The molecule has 2 aliphatic rings. The summed E-state index contributed by atoms with van der Waals surface area (Å²) >= 11 is 0. The van der Waals surface area contributed by atoms with Crippen molar-refractivity contribution in [1.29, 1.82) is 0 Å². The smallest absolute Gasteiger partial charge is 0.132 e. The minimum atomic E-state index is 0.242. The van der Waals surface area contributed by atoms with E-state index in [0.717, 1.165) is 31.9 Å². The van der Waals surface area contributed by atoms with E-state index in [1.807, 2.05) is 0 Å². The Kier molecular flexibility index (Phi) is 4.63. The fraction of sp³-hybridized carbons (Fsp3) is 0.280. The molecule has 0 bridgehead atoms. The van der Waals surface area contributed by atoms with Crippen molar-refractivity contribution in [2.45, 2.75) is 12.6 Å². The molecule has 0 aliphatic carbocycles. The third kappa shape index (κ3) is 3.11. The van der Waals surface area contributed by atoms with Crippen molar-refractivity contribution in [3.8, 4) is 16.9 Å². The molecule has 142 valence electrons. The van der Waals surface area contributed by atoms with E-state index in [-0.39, 0.29) is 6.04 Å². The molecule has 3 aromatic rings. The molecule has 1 atom stereocenters. The van der Waals surface area contributed by atoms with Gasteiger partial charge in [-0.15, -0.1) is 0 Å². The van der Waals surface area contributed by atoms with Gasteiger partial charge in [0.1, 0.15) is 12.4 Å². The summed E-state index contributed by atoms with van der Waals surface area (Å²) in [6.45, 7) is 4.98. The average Bonchev–Trinajstić information content (AvgIpc) is 2.92. The predicted molar refractivity (Wildman–Crippen MR) is 114 cm³/mol. The Morgan fingerprint density at radius 2 is 1.46 bits per heavy atom. The van der Waals surface area contributed by atoms with Crippen LogP contribution < -0.4 is 4.74 Å². The Morgan fingerprint density at radius 1 is 0.750 bits per heavy atom. The van der Waals surface area contributed by atoms with Crippen LogP contribution in [0, 0.1) is 0 Å². The highest BCUT2D eigenvalue weighted by Crippen LogP contribution is 2.44.